The van der Waals surface area contributed by atoms with Crippen LogP contribution in [0.15, 0.2) is 41.2 Å². The Labute approximate surface area is 141 Å². The SMILES string of the molecule is COC1(COc2ccccc2C)CCCN(C(=O)c2cnoc2)C1. The third-order valence-electron chi connectivity index (χ3n) is 4.52. The summed E-state index contributed by atoms with van der Waals surface area (Å²) >= 11 is 0. The predicted molar refractivity (Wildman–Crippen MR) is 88.1 cm³/mol. The summed E-state index contributed by atoms with van der Waals surface area (Å²) in [6.07, 6.45) is 4.52. The minimum absolute atomic E-state index is 0.0896. The molecule has 1 saturated heterocycles. The Morgan fingerprint density at radius 3 is 2.96 bits per heavy atom. The van der Waals surface area contributed by atoms with Crippen molar-refractivity contribution in [2.75, 3.05) is 26.8 Å². The van der Waals surface area contributed by atoms with Gasteiger partial charge in [-0.25, -0.2) is 0 Å². The number of nitrogens with zero attached hydrogens (tertiary/aromatic N) is 2. The van der Waals surface area contributed by atoms with E-state index in [0.717, 1.165) is 24.2 Å². The van der Waals surface area contributed by atoms with Gasteiger partial charge in [-0.05, 0) is 31.4 Å². The van der Waals surface area contributed by atoms with Gasteiger partial charge in [0.1, 0.15) is 24.2 Å². The van der Waals surface area contributed by atoms with Gasteiger partial charge in [0.2, 0.25) is 0 Å². The fourth-order valence-electron chi connectivity index (χ4n) is 3.04. The number of hydrogen-bond donors (Lipinski definition) is 0. The van der Waals surface area contributed by atoms with Gasteiger partial charge in [0.15, 0.2) is 0 Å². The third-order valence-corrected chi connectivity index (χ3v) is 4.52. The summed E-state index contributed by atoms with van der Waals surface area (Å²) in [5.74, 6) is 0.754. The van der Waals surface area contributed by atoms with E-state index in [4.69, 9.17) is 14.0 Å². The molecule has 1 aliphatic heterocycles. The smallest absolute Gasteiger partial charge is 0.258 e. The minimum atomic E-state index is -0.507. The Hall–Kier alpha value is -2.34. The molecule has 2 aromatic rings. The second-order valence-corrected chi connectivity index (χ2v) is 6.18. The van der Waals surface area contributed by atoms with Crippen LogP contribution in [0.3, 0.4) is 0 Å². The van der Waals surface area contributed by atoms with Crippen LogP contribution in [0.5, 0.6) is 5.75 Å². The second kappa shape index (κ2) is 7.05. The highest BCUT2D eigenvalue weighted by atomic mass is 16.5. The number of para-hydroxylation sites is 1. The molecule has 0 N–H and O–H groups in total. The lowest BCUT2D eigenvalue weighted by molar-refractivity contribution is -0.0825. The van der Waals surface area contributed by atoms with Crippen LogP contribution in [0.4, 0.5) is 0 Å². The van der Waals surface area contributed by atoms with E-state index in [9.17, 15) is 4.79 Å². The molecule has 1 aromatic heterocycles. The van der Waals surface area contributed by atoms with E-state index in [1.807, 2.05) is 31.2 Å². The summed E-state index contributed by atoms with van der Waals surface area (Å²) in [5, 5.41) is 3.60. The van der Waals surface area contributed by atoms with Crippen LogP contribution < -0.4 is 4.74 Å². The highest BCUT2D eigenvalue weighted by Crippen LogP contribution is 2.28. The van der Waals surface area contributed by atoms with Crippen molar-refractivity contribution in [1.82, 2.24) is 10.1 Å². The largest absolute Gasteiger partial charge is 0.490 e. The molecule has 2 heterocycles. The summed E-state index contributed by atoms with van der Waals surface area (Å²) in [7, 11) is 1.68. The van der Waals surface area contributed by atoms with Gasteiger partial charge in [0, 0.05) is 13.7 Å². The predicted octanol–water partition coefficient (Wildman–Crippen LogP) is 2.68. The lowest BCUT2D eigenvalue weighted by atomic mass is 9.93. The van der Waals surface area contributed by atoms with E-state index in [-0.39, 0.29) is 5.91 Å². The lowest BCUT2D eigenvalue weighted by Crippen LogP contribution is -2.54. The Kier molecular flexibility index (Phi) is 4.85. The number of hydrogen-bond acceptors (Lipinski definition) is 5. The highest BCUT2D eigenvalue weighted by molar-refractivity contribution is 5.93. The van der Waals surface area contributed by atoms with E-state index < -0.39 is 5.60 Å². The Morgan fingerprint density at radius 1 is 1.42 bits per heavy atom. The number of methoxy groups -OCH3 is 1. The number of benzene rings is 1. The number of ether oxygens (including phenoxy) is 2. The zero-order chi connectivity index (χ0) is 17.0. The molecule has 0 saturated carbocycles. The fourth-order valence-corrected chi connectivity index (χ4v) is 3.04. The molecule has 0 radical (unpaired) electrons. The second-order valence-electron chi connectivity index (χ2n) is 6.18. The van der Waals surface area contributed by atoms with Crippen molar-refractivity contribution in [2.24, 2.45) is 0 Å². The quantitative estimate of drug-likeness (QED) is 0.843. The van der Waals surface area contributed by atoms with Gasteiger partial charge in [-0.15, -0.1) is 0 Å². The van der Waals surface area contributed by atoms with Crippen molar-refractivity contribution in [2.45, 2.75) is 25.4 Å². The minimum Gasteiger partial charge on any atom is -0.490 e. The van der Waals surface area contributed by atoms with Gasteiger partial charge in [0.25, 0.3) is 5.91 Å². The number of rotatable bonds is 5. The molecule has 0 spiro atoms. The summed E-state index contributed by atoms with van der Waals surface area (Å²) < 4.78 is 16.5. The van der Waals surface area contributed by atoms with E-state index in [1.54, 1.807) is 12.0 Å². The number of amides is 1. The van der Waals surface area contributed by atoms with Gasteiger partial charge < -0.3 is 18.9 Å². The highest BCUT2D eigenvalue weighted by Gasteiger charge is 2.38. The Bertz CT molecular complexity index is 686. The number of carbonyl (C=O) groups excluding carboxylic acids is 1. The van der Waals surface area contributed by atoms with E-state index >= 15 is 0 Å². The number of piperidine rings is 1. The first-order valence-corrected chi connectivity index (χ1v) is 8.06. The molecule has 0 bridgehead atoms. The van der Waals surface area contributed by atoms with Crippen molar-refractivity contribution in [3.63, 3.8) is 0 Å². The molecule has 1 fully saturated rings. The molecule has 6 heteroatoms. The van der Waals surface area contributed by atoms with Crippen molar-refractivity contribution in [1.29, 1.82) is 0 Å². The average molecular weight is 330 g/mol. The summed E-state index contributed by atoms with van der Waals surface area (Å²) in [6.45, 7) is 3.60. The van der Waals surface area contributed by atoms with Crippen LogP contribution in [0, 0.1) is 6.92 Å². The first-order chi connectivity index (χ1) is 11.6. The lowest BCUT2D eigenvalue weighted by Gasteiger charge is -2.41. The molecule has 128 valence electrons. The molecule has 24 heavy (non-hydrogen) atoms. The first-order valence-electron chi connectivity index (χ1n) is 8.06. The molecular weight excluding hydrogens is 308 g/mol. The molecular formula is C18H22N2O4. The van der Waals surface area contributed by atoms with Crippen LogP contribution in [0.1, 0.15) is 28.8 Å². The van der Waals surface area contributed by atoms with E-state index in [2.05, 4.69) is 5.16 Å². The molecule has 0 aliphatic carbocycles. The zero-order valence-electron chi connectivity index (χ0n) is 14.0. The molecule has 1 amide bonds. The van der Waals surface area contributed by atoms with Gasteiger partial charge in [-0.1, -0.05) is 23.4 Å². The maximum atomic E-state index is 12.5. The van der Waals surface area contributed by atoms with Crippen LogP contribution in [-0.4, -0.2) is 48.4 Å². The number of aryl methyl sites for hydroxylation is 1. The van der Waals surface area contributed by atoms with Crippen LogP contribution >= 0.6 is 0 Å². The molecule has 3 rings (SSSR count). The van der Waals surface area contributed by atoms with Crippen LogP contribution in [0.2, 0.25) is 0 Å². The maximum absolute atomic E-state index is 12.5. The topological polar surface area (TPSA) is 64.8 Å². The molecule has 1 aromatic carbocycles. The monoisotopic (exact) mass is 330 g/mol. The van der Waals surface area contributed by atoms with Crippen molar-refractivity contribution in [3.8, 4) is 5.75 Å². The van der Waals surface area contributed by atoms with E-state index in [1.165, 1.54) is 12.5 Å². The third kappa shape index (κ3) is 3.43. The maximum Gasteiger partial charge on any atom is 0.258 e. The van der Waals surface area contributed by atoms with E-state index in [0.29, 0.717) is 25.3 Å². The molecule has 1 unspecified atom stereocenters. The first kappa shape index (κ1) is 16.5. The zero-order valence-corrected chi connectivity index (χ0v) is 14.0. The molecule has 1 aliphatic rings. The Morgan fingerprint density at radius 2 is 2.25 bits per heavy atom. The van der Waals surface area contributed by atoms with Crippen molar-refractivity contribution < 1.29 is 18.8 Å². The van der Waals surface area contributed by atoms with Gasteiger partial charge in [-0.3, -0.25) is 4.79 Å². The van der Waals surface area contributed by atoms with Crippen molar-refractivity contribution >= 4 is 5.91 Å². The van der Waals surface area contributed by atoms with Gasteiger partial charge in [0.05, 0.1) is 18.3 Å². The number of likely N-dealkylation sites (tertiary alicyclic amines) is 1. The number of aromatic nitrogens is 1. The molecule has 1 atom stereocenters. The normalized spacial score (nSPS) is 20.8. The summed E-state index contributed by atoms with van der Waals surface area (Å²) in [6, 6.07) is 7.89. The summed E-state index contributed by atoms with van der Waals surface area (Å²) in [4.78, 5) is 14.3. The van der Waals surface area contributed by atoms with Crippen LogP contribution in [-0.2, 0) is 4.74 Å². The average Bonchev–Trinajstić information content (AvgIpc) is 3.15. The Balaban J connectivity index is 1.69. The summed E-state index contributed by atoms with van der Waals surface area (Å²) in [5.41, 5.74) is 1.03. The van der Waals surface area contributed by atoms with Crippen molar-refractivity contribution in [3.05, 3.63) is 47.9 Å². The standard InChI is InChI=1S/C18H22N2O4/c1-14-6-3-4-7-16(14)23-13-18(22-2)8-5-9-20(12-18)17(21)15-10-19-24-11-15/h3-4,6-7,10-11H,5,8-9,12-13H2,1-2H3. The fraction of sp³-hybridized carbons (Fsp3) is 0.444. The van der Waals surface area contributed by atoms with Crippen LogP contribution in [0.25, 0.3) is 0 Å². The number of carbonyl (C=O) groups is 1. The van der Waals surface area contributed by atoms with Gasteiger partial charge >= 0.3 is 0 Å². The van der Waals surface area contributed by atoms with Gasteiger partial charge in [-0.2, -0.15) is 0 Å². The molecule has 6 nitrogen and oxygen atoms in total.